The minimum Gasteiger partial charge on any atom is -0.321 e. The van der Waals surface area contributed by atoms with Crippen LogP contribution in [0.2, 0.25) is 0 Å². The van der Waals surface area contributed by atoms with Gasteiger partial charge in [-0.3, -0.25) is 9.78 Å². The van der Waals surface area contributed by atoms with Gasteiger partial charge in [-0.1, -0.05) is 0 Å². The second-order valence-corrected chi connectivity index (χ2v) is 4.64. The molecule has 0 spiro atoms. The quantitative estimate of drug-likeness (QED) is 0.897. The molecule has 1 aliphatic rings. The summed E-state index contributed by atoms with van der Waals surface area (Å²) in [6.07, 6.45) is 4.83. The van der Waals surface area contributed by atoms with Gasteiger partial charge in [0.05, 0.1) is 11.9 Å². The number of aryl methyl sites for hydroxylation is 2. The number of anilines is 1. The van der Waals surface area contributed by atoms with E-state index in [-0.39, 0.29) is 11.7 Å². The van der Waals surface area contributed by atoms with Crippen LogP contribution in [0.4, 0.5) is 10.1 Å². The summed E-state index contributed by atoms with van der Waals surface area (Å²) in [4.78, 5) is 16.3. The van der Waals surface area contributed by atoms with E-state index in [2.05, 4.69) is 10.3 Å². The molecule has 19 heavy (non-hydrogen) atoms. The summed E-state index contributed by atoms with van der Waals surface area (Å²) in [7, 11) is 0. The number of halogens is 1. The molecule has 1 amide bonds. The Balaban J connectivity index is 1.77. The van der Waals surface area contributed by atoms with Crippen molar-refractivity contribution in [2.75, 3.05) is 5.32 Å². The third-order valence-corrected chi connectivity index (χ3v) is 3.28. The Morgan fingerprint density at radius 2 is 2.00 bits per heavy atom. The maximum atomic E-state index is 12.8. The lowest BCUT2D eigenvalue weighted by Gasteiger charge is -2.06. The number of fused-ring (bicyclic) bond motifs is 1. The number of amides is 1. The highest BCUT2D eigenvalue weighted by atomic mass is 19.1. The maximum absolute atomic E-state index is 12.8. The number of carbonyl (C=O) groups excluding carboxylic acids is 1. The number of rotatable bonds is 2. The number of nitrogens with one attached hydrogen (secondary N) is 1. The van der Waals surface area contributed by atoms with Crippen LogP contribution in [0.5, 0.6) is 0 Å². The maximum Gasteiger partial charge on any atom is 0.255 e. The van der Waals surface area contributed by atoms with Gasteiger partial charge in [-0.15, -0.1) is 0 Å². The zero-order valence-electron chi connectivity index (χ0n) is 10.3. The van der Waals surface area contributed by atoms with Crippen molar-refractivity contribution in [2.45, 2.75) is 19.3 Å². The molecule has 0 radical (unpaired) electrons. The van der Waals surface area contributed by atoms with Gasteiger partial charge >= 0.3 is 0 Å². The van der Waals surface area contributed by atoms with Gasteiger partial charge in [0, 0.05) is 11.3 Å². The van der Waals surface area contributed by atoms with Crippen LogP contribution < -0.4 is 5.32 Å². The number of pyridine rings is 1. The van der Waals surface area contributed by atoms with E-state index in [0.717, 1.165) is 25.0 Å². The van der Waals surface area contributed by atoms with E-state index in [1.807, 2.05) is 6.07 Å². The summed E-state index contributed by atoms with van der Waals surface area (Å²) in [5.74, 6) is -0.601. The molecule has 0 saturated heterocycles. The van der Waals surface area contributed by atoms with E-state index < -0.39 is 0 Å². The molecule has 1 aromatic carbocycles. The summed E-state index contributed by atoms with van der Waals surface area (Å²) in [5, 5.41) is 2.78. The van der Waals surface area contributed by atoms with Crippen molar-refractivity contribution in [1.82, 2.24) is 4.98 Å². The smallest absolute Gasteiger partial charge is 0.255 e. The van der Waals surface area contributed by atoms with E-state index in [1.54, 1.807) is 6.20 Å². The Kier molecular flexibility index (Phi) is 2.99. The molecule has 1 aliphatic carbocycles. The average molecular weight is 256 g/mol. The van der Waals surface area contributed by atoms with Crippen LogP contribution in [0.25, 0.3) is 0 Å². The van der Waals surface area contributed by atoms with Crippen molar-refractivity contribution in [2.24, 2.45) is 0 Å². The molecule has 1 aromatic heterocycles. The van der Waals surface area contributed by atoms with Crippen LogP contribution in [0, 0.1) is 5.82 Å². The van der Waals surface area contributed by atoms with Crippen molar-refractivity contribution in [3.05, 3.63) is 59.2 Å². The molecule has 2 aromatic rings. The first-order chi connectivity index (χ1) is 9.22. The first-order valence-electron chi connectivity index (χ1n) is 6.27. The molecule has 3 nitrogen and oxygen atoms in total. The fourth-order valence-corrected chi connectivity index (χ4v) is 2.30. The molecule has 4 heteroatoms. The number of nitrogens with zero attached hydrogens (tertiary/aromatic N) is 1. The summed E-state index contributed by atoms with van der Waals surface area (Å²) in [6.45, 7) is 0. The van der Waals surface area contributed by atoms with Crippen LogP contribution in [0.3, 0.4) is 0 Å². The highest BCUT2D eigenvalue weighted by molar-refractivity contribution is 6.04. The molecule has 1 heterocycles. The van der Waals surface area contributed by atoms with Gasteiger partial charge in [-0.05, 0) is 55.2 Å². The first-order valence-corrected chi connectivity index (χ1v) is 6.27. The number of aromatic nitrogens is 1. The second-order valence-electron chi connectivity index (χ2n) is 4.64. The van der Waals surface area contributed by atoms with Gasteiger partial charge in [-0.25, -0.2) is 4.39 Å². The fourth-order valence-electron chi connectivity index (χ4n) is 2.30. The van der Waals surface area contributed by atoms with Gasteiger partial charge in [0.15, 0.2) is 0 Å². The standard InChI is InChI=1S/C15H13FN2O/c16-12-6-4-10(5-7-12)15(19)18-13-8-11-2-1-3-14(11)17-9-13/h4-9H,1-3H2,(H,18,19). The van der Waals surface area contributed by atoms with Gasteiger partial charge in [0.2, 0.25) is 0 Å². The van der Waals surface area contributed by atoms with E-state index in [0.29, 0.717) is 11.3 Å². The van der Waals surface area contributed by atoms with Crippen LogP contribution in [-0.4, -0.2) is 10.9 Å². The van der Waals surface area contributed by atoms with Crippen molar-refractivity contribution in [3.8, 4) is 0 Å². The molecular formula is C15H13FN2O. The summed E-state index contributed by atoms with van der Waals surface area (Å²) in [6, 6.07) is 7.44. The second kappa shape index (κ2) is 4.80. The minimum absolute atomic E-state index is 0.250. The molecule has 0 saturated carbocycles. The average Bonchev–Trinajstić information content (AvgIpc) is 2.87. The minimum atomic E-state index is -0.351. The van der Waals surface area contributed by atoms with E-state index in [4.69, 9.17) is 0 Å². The first kappa shape index (κ1) is 11.8. The Bertz CT molecular complexity index is 623. The molecule has 0 atom stereocenters. The molecule has 1 N–H and O–H groups in total. The Hall–Kier alpha value is -2.23. The predicted octanol–water partition coefficient (Wildman–Crippen LogP) is 2.96. The number of benzene rings is 1. The third-order valence-electron chi connectivity index (χ3n) is 3.28. The summed E-state index contributed by atoms with van der Waals surface area (Å²) < 4.78 is 12.8. The van der Waals surface area contributed by atoms with Crippen LogP contribution >= 0.6 is 0 Å². The highest BCUT2D eigenvalue weighted by Gasteiger charge is 2.13. The normalized spacial score (nSPS) is 13.1. The van der Waals surface area contributed by atoms with Crippen molar-refractivity contribution in [3.63, 3.8) is 0 Å². The molecular weight excluding hydrogens is 243 g/mol. The number of carbonyl (C=O) groups is 1. The Morgan fingerprint density at radius 1 is 1.21 bits per heavy atom. The van der Waals surface area contributed by atoms with Gasteiger partial charge in [0.25, 0.3) is 5.91 Å². The lowest BCUT2D eigenvalue weighted by Crippen LogP contribution is -2.12. The number of hydrogen-bond donors (Lipinski definition) is 1. The Morgan fingerprint density at radius 3 is 2.79 bits per heavy atom. The van der Waals surface area contributed by atoms with Crippen molar-refractivity contribution in [1.29, 1.82) is 0 Å². The molecule has 96 valence electrons. The zero-order valence-corrected chi connectivity index (χ0v) is 10.3. The number of hydrogen-bond acceptors (Lipinski definition) is 2. The van der Waals surface area contributed by atoms with Crippen LogP contribution in [-0.2, 0) is 12.8 Å². The van der Waals surface area contributed by atoms with E-state index >= 15 is 0 Å². The fraction of sp³-hybridized carbons (Fsp3) is 0.200. The molecule has 3 rings (SSSR count). The van der Waals surface area contributed by atoms with Crippen molar-refractivity contribution < 1.29 is 9.18 Å². The van der Waals surface area contributed by atoms with Gasteiger partial charge < -0.3 is 5.32 Å². The lowest BCUT2D eigenvalue weighted by molar-refractivity contribution is 0.102. The van der Waals surface area contributed by atoms with Crippen molar-refractivity contribution >= 4 is 11.6 Å². The Labute approximate surface area is 110 Å². The largest absolute Gasteiger partial charge is 0.321 e. The molecule has 0 bridgehead atoms. The van der Waals surface area contributed by atoms with Crippen LogP contribution in [0.15, 0.2) is 36.5 Å². The molecule has 0 aliphatic heterocycles. The van der Waals surface area contributed by atoms with Gasteiger partial charge in [0.1, 0.15) is 5.82 Å². The summed E-state index contributed by atoms with van der Waals surface area (Å²) in [5.41, 5.74) is 3.45. The SMILES string of the molecule is O=C(Nc1cnc2c(c1)CCC2)c1ccc(F)cc1. The van der Waals surface area contributed by atoms with E-state index in [9.17, 15) is 9.18 Å². The third kappa shape index (κ3) is 2.47. The lowest BCUT2D eigenvalue weighted by atomic mass is 10.2. The predicted molar refractivity (Wildman–Crippen MR) is 70.6 cm³/mol. The molecule has 0 fully saturated rings. The summed E-state index contributed by atoms with van der Waals surface area (Å²) >= 11 is 0. The van der Waals surface area contributed by atoms with Gasteiger partial charge in [-0.2, -0.15) is 0 Å². The monoisotopic (exact) mass is 256 g/mol. The highest BCUT2D eigenvalue weighted by Crippen LogP contribution is 2.22. The zero-order chi connectivity index (χ0) is 13.2. The van der Waals surface area contributed by atoms with E-state index in [1.165, 1.54) is 29.8 Å². The topological polar surface area (TPSA) is 42.0 Å². The van der Waals surface area contributed by atoms with Crippen LogP contribution in [0.1, 0.15) is 28.0 Å². The molecule has 0 unspecified atom stereocenters.